The number of aromatic nitrogens is 3. The lowest BCUT2D eigenvalue weighted by atomic mass is 10.1. The second-order valence-electron chi connectivity index (χ2n) is 6.35. The average Bonchev–Trinajstić information content (AvgIpc) is 3.16. The van der Waals surface area contributed by atoms with Crippen LogP contribution in [-0.4, -0.2) is 53.1 Å². The third-order valence-electron chi connectivity index (χ3n) is 4.75. The van der Waals surface area contributed by atoms with Crippen LogP contribution in [0, 0.1) is 0 Å². The van der Waals surface area contributed by atoms with Crippen molar-refractivity contribution in [2.75, 3.05) is 27.3 Å². The number of carbonyl (C=O) groups excluding carboxylic acids is 1. The lowest BCUT2D eigenvalue weighted by Crippen LogP contribution is -2.51. The standard InChI is InChI=1S/C20H20N4O3/c1-26-17-9-6-10-18(27-2)19(17)20(25)23-11-15(12-23)24-13-16(21-22-24)14-7-4-3-5-8-14/h3-10,13,15H,11-12H2,1-2H3. The normalized spacial score (nSPS) is 13.9. The maximum absolute atomic E-state index is 12.9. The molecular formula is C20H20N4O3. The Kier molecular flexibility index (Phi) is 4.50. The monoisotopic (exact) mass is 364 g/mol. The first-order valence-corrected chi connectivity index (χ1v) is 8.68. The number of benzene rings is 2. The third-order valence-corrected chi connectivity index (χ3v) is 4.75. The lowest BCUT2D eigenvalue weighted by Gasteiger charge is -2.39. The molecule has 2 aromatic carbocycles. The number of methoxy groups -OCH3 is 2. The van der Waals surface area contributed by atoms with Crippen molar-refractivity contribution in [3.05, 3.63) is 60.3 Å². The van der Waals surface area contributed by atoms with Crippen LogP contribution in [0.25, 0.3) is 11.3 Å². The SMILES string of the molecule is COc1cccc(OC)c1C(=O)N1CC(n2cc(-c3ccccc3)nn2)C1. The summed E-state index contributed by atoms with van der Waals surface area (Å²) in [5.74, 6) is 0.911. The van der Waals surface area contributed by atoms with Gasteiger partial charge in [0.2, 0.25) is 0 Å². The van der Waals surface area contributed by atoms with E-state index in [1.54, 1.807) is 37.3 Å². The zero-order valence-electron chi connectivity index (χ0n) is 15.2. The first-order chi connectivity index (χ1) is 13.2. The van der Waals surface area contributed by atoms with Gasteiger partial charge in [0.1, 0.15) is 22.8 Å². The maximum Gasteiger partial charge on any atom is 0.261 e. The maximum atomic E-state index is 12.9. The molecule has 1 amide bonds. The van der Waals surface area contributed by atoms with Crippen molar-refractivity contribution in [1.29, 1.82) is 0 Å². The zero-order chi connectivity index (χ0) is 18.8. The molecule has 0 aliphatic carbocycles. The van der Waals surface area contributed by atoms with E-state index in [1.165, 1.54) is 0 Å². The van der Waals surface area contributed by atoms with Crippen LogP contribution in [0.1, 0.15) is 16.4 Å². The van der Waals surface area contributed by atoms with Gasteiger partial charge in [-0.05, 0) is 12.1 Å². The molecule has 7 heteroatoms. The number of carbonyl (C=O) groups is 1. The van der Waals surface area contributed by atoms with E-state index in [2.05, 4.69) is 10.3 Å². The second-order valence-corrected chi connectivity index (χ2v) is 6.35. The van der Waals surface area contributed by atoms with Crippen molar-refractivity contribution >= 4 is 5.91 Å². The van der Waals surface area contributed by atoms with Crippen molar-refractivity contribution in [3.63, 3.8) is 0 Å². The van der Waals surface area contributed by atoms with Crippen LogP contribution in [-0.2, 0) is 0 Å². The fourth-order valence-electron chi connectivity index (χ4n) is 3.20. The Morgan fingerprint density at radius 2 is 1.67 bits per heavy atom. The molecule has 0 radical (unpaired) electrons. The molecular weight excluding hydrogens is 344 g/mol. The minimum Gasteiger partial charge on any atom is -0.496 e. The number of likely N-dealkylation sites (tertiary alicyclic amines) is 1. The smallest absolute Gasteiger partial charge is 0.261 e. The number of hydrogen-bond acceptors (Lipinski definition) is 5. The Balaban J connectivity index is 1.47. The Labute approximate surface area is 157 Å². The molecule has 4 rings (SSSR count). The van der Waals surface area contributed by atoms with E-state index in [1.807, 2.05) is 41.2 Å². The predicted octanol–water partition coefficient (Wildman–Crippen LogP) is 2.66. The topological polar surface area (TPSA) is 69.5 Å². The number of nitrogens with zero attached hydrogens (tertiary/aromatic N) is 4. The molecule has 2 heterocycles. The van der Waals surface area contributed by atoms with Gasteiger partial charge in [0.05, 0.1) is 26.5 Å². The summed E-state index contributed by atoms with van der Waals surface area (Å²) in [7, 11) is 3.09. The molecule has 1 aromatic heterocycles. The summed E-state index contributed by atoms with van der Waals surface area (Å²) < 4.78 is 12.5. The highest BCUT2D eigenvalue weighted by molar-refractivity contribution is 6.00. The molecule has 0 bridgehead atoms. The van der Waals surface area contributed by atoms with E-state index in [9.17, 15) is 4.79 Å². The van der Waals surface area contributed by atoms with Crippen molar-refractivity contribution in [1.82, 2.24) is 19.9 Å². The summed E-state index contributed by atoms with van der Waals surface area (Å²) in [6.45, 7) is 1.13. The van der Waals surface area contributed by atoms with Gasteiger partial charge in [0.25, 0.3) is 5.91 Å². The van der Waals surface area contributed by atoms with Crippen LogP contribution >= 0.6 is 0 Å². The van der Waals surface area contributed by atoms with Gasteiger partial charge in [-0.15, -0.1) is 5.10 Å². The van der Waals surface area contributed by atoms with E-state index >= 15 is 0 Å². The van der Waals surface area contributed by atoms with Crippen LogP contribution in [0.4, 0.5) is 0 Å². The van der Waals surface area contributed by atoms with E-state index in [0.29, 0.717) is 30.2 Å². The molecule has 1 fully saturated rings. The first-order valence-electron chi connectivity index (χ1n) is 8.68. The van der Waals surface area contributed by atoms with Gasteiger partial charge in [-0.1, -0.05) is 41.6 Å². The number of hydrogen-bond donors (Lipinski definition) is 0. The molecule has 1 aliphatic heterocycles. The Morgan fingerprint density at radius 3 is 2.30 bits per heavy atom. The zero-order valence-corrected chi connectivity index (χ0v) is 15.2. The molecule has 7 nitrogen and oxygen atoms in total. The molecule has 138 valence electrons. The second kappa shape index (κ2) is 7.11. The fraction of sp³-hybridized carbons (Fsp3) is 0.250. The summed E-state index contributed by atoms with van der Waals surface area (Å²) in [6.07, 6.45) is 1.92. The molecule has 0 atom stereocenters. The summed E-state index contributed by atoms with van der Waals surface area (Å²) in [4.78, 5) is 14.7. The number of amides is 1. The highest BCUT2D eigenvalue weighted by Crippen LogP contribution is 2.32. The van der Waals surface area contributed by atoms with Crippen molar-refractivity contribution < 1.29 is 14.3 Å². The first kappa shape index (κ1) is 17.1. The number of ether oxygens (including phenoxy) is 2. The van der Waals surface area contributed by atoms with Gasteiger partial charge in [-0.3, -0.25) is 4.79 Å². The Hall–Kier alpha value is -3.35. The van der Waals surface area contributed by atoms with Gasteiger partial charge in [0.15, 0.2) is 0 Å². The molecule has 1 saturated heterocycles. The highest BCUT2D eigenvalue weighted by atomic mass is 16.5. The van der Waals surface area contributed by atoms with Gasteiger partial charge >= 0.3 is 0 Å². The fourth-order valence-corrected chi connectivity index (χ4v) is 3.20. The van der Waals surface area contributed by atoms with Crippen molar-refractivity contribution in [3.8, 4) is 22.8 Å². The summed E-state index contributed by atoms with van der Waals surface area (Å²) in [5, 5.41) is 8.47. The Bertz CT molecular complexity index is 927. The minimum absolute atomic E-state index is 0.107. The van der Waals surface area contributed by atoms with Gasteiger partial charge in [-0.25, -0.2) is 4.68 Å². The van der Waals surface area contributed by atoms with Gasteiger partial charge in [0, 0.05) is 18.7 Å². The molecule has 0 spiro atoms. The molecule has 0 unspecified atom stereocenters. The van der Waals surface area contributed by atoms with Crippen LogP contribution in [0.2, 0.25) is 0 Å². The quantitative estimate of drug-likeness (QED) is 0.696. The van der Waals surface area contributed by atoms with Gasteiger partial charge in [-0.2, -0.15) is 0 Å². The summed E-state index contributed by atoms with van der Waals surface area (Å²) in [5.41, 5.74) is 2.30. The molecule has 3 aromatic rings. The average molecular weight is 364 g/mol. The van der Waals surface area contributed by atoms with E-state index in [-0.39, 0.29) is 11.9 Å². The minimum atomic E-state index is -0.107. The highest BCUT2D eigenvalue weighted by Gasteiger charge is 2.35. The summed E-state index contributed by atoms with van der Waals surface area (Å²) >= 11 is 0. The number of rotatable bonds is 5. The predicted molar refractivity (Wildman–Crippen MR) is 99.9 cm³/mol. The molecule has 1 aliphatic rings. The summed E-state index contributed by atoms with van der Waals surface area (Å²) in [6, 6.07) is 15.3. The molecule has 0 saturated carbocycles. The molecule has 0 N–H and O–H groups in total. The Morgan fingerprint density at radius 1 is 1.00 bits per heavy atom. The van der Waals surface area contributed by atoms with Gasteiger partial charge < -0.3 is 14.4 Å². The van der Waals surface area contributed by atoms with Crippen molar-refractivity contribution in [2.45, 2.75) is 6.04 Å². The van der Waals surface area contributed by atoms with E-state index < -0.39 is 0 Å². The largest absolute Gasteiger partial charge is 0.496 e. The van der Waals surface area contributed by atoms with E-state index in [0.717, 1.165) is 11.3 Å². The lowest BCUT2D eigenvalue weighted by molar-refractivity contribution is 0.0492. The van der Waals surface area contributed by atoms with Crippen LogP contribution < -0.4 is 9.47 Å². The van der Waals surface area contributed by atoms with Crippen LogP contribution in [0.15, 0.2) is 54.7 Å². The molecule has 27 heavy (non-hydrogen) atoms. The van der Waals surface area contributed by atoms with E-state index in [4.69, 9.17) is 9.47 Å². The van der Waals surface area contributed by atoms with Crippen LogP contribution in [0.5, 0.6) is 11.5 Å². The van der Waals surface area contributed by atoms with Crippen LogP contribution in [0.3, 0.4) is 0 Å². The third kappa shape index (κ3) is 3.12. The van der Waals surface area contributed by atoms with Crippen molar-refractivity contribution in [2.24, 2.45) is 0 Å².